The van der Waals surface area contributed by atoms with E-state index in [9.17, 15) is 14.4 Å². The number of esters is 2. The number of hydrogen-bond donors (Lipinski definition) is 0. The van der Waals surface area contributed by atoms with Crippen LogP contribution in [-0.4, -0.2) is 31.4 Å². The second-order valence-corrected chi connectivity index (χ2v) is 1.93. The Hall–Kier alpha value is -1.83. The normalized spacial score (nSPS) is 7.85. The summed E-state index contributed by atoms with van der Waals surface area (Å²) in [5, 5.41) is 0. The molecule has 0 aliphatic carbocycles. The lowest BCUT2D eigenvalue weighted by atomic mass is 10.5. The molecule has 0 rings (SSSR count). The Morgan fingerprint density at radius 3 is 2.38 bits per heavy atom. The second-order valence-electron chi connectivity index (χ2n) is 1.93. The third kappa shape index (κ3) is 5.44. The van der Waals surface area contributed by atoms with Crippen LogP contribution in [0.25, 0.3) is 0 Å². The van der Waals surface area contributed by atoms with Crippen molar-refractivity contribution in [3.63, 3.8) is 0 Å². The molecule has 0 aliphatic rings. The van der Waals surface area contributed by atoms with Crippen LogP contribution in [0.15, 0.2) is 0 Å². The average molecular weight is 184 g/mol. The fraction of sp³-hybridized carbons (Fsp3) is 0.375. The molecule has 0 aromatic heterocycles. The lowest BCUT2D eigenvalue weighted by Gasteiger charge is -1.93. The van der Waals surface area contributed by atoms with Crippen molar-refractivity contribution in [3.8, 4) is 11.8 Å². The summed E-state index contributed by atoms with van der Waals surface area (Å²) in [6, 6.07) is 0. The van der Waals surface area contributed by atoms with Crippen molar-refractivity contribution >= 4 is 17.7 Å². The number of hydrogen-bond acceptors (Lipinski definition) is 5. The first-order valence-electron chi connectivity index (χ1n) is 3.32. The summed E-state index contributed by atoms with van der Waals surface area (Å²) in [7, 11) is 1.18. The van der Waals surface area contributed by atoms with Crippen LogP contribution in [0.3, 0.4) is 0 Å². The van der Waals surface area contributed by atoms with Gasteiger partial charge in [0.25, 0.3) is 0 Å². The van der Waals surface area contributed by atoms with Gasteiger partial charge in [-0.3, -0.25) is 4.79 Å². The third-order valence-electron chi connectivity index (χ3n) is 0.939. The second kappa shape index (κ2) is 5.77. The van der Waals surface area contributed by atoms with Gasteiger partial charge in [-0.25, -0.2) is 9.59 Å². The number of carbonyl (C=O) groups excluding carboxylic acids is 3. The van der Waals surface area contributed by atoms with Gasteiger partial charge in [-0.05, 0) is 5.92 Å². The molecule has 0 heterocycles. The van der Waals surface area contributed by atoms with E-state index in [2.05, 4.69) is 15.4 Å². The Morgan fingerprint density at radius 1 is 1.31 bits per heavy atom. The number of rotatable bonds is 2. The van der Waals surface area contributed by atoms with Crippen molar-refractivity contribution in [1.82, 2.24) is 0 Å². The van der Waals surface area contributed by atoms with Gasteiger partial charge in [0.2, 0.25) is 5.78 Å². The Morgan fingerprint density at radius 2 is 1.92 bits per heavy atom. The lowest BCUT2D eigenvalue weighted by molar-refractivity contribution is -0.151. The molecule has 5 nitrogen and oxygen atoms in total. The van der Waals surface area contributed by atoms with Crippen molar-refractivity contribution in [1.29, 1.82) is 0 Å². The minimum absolute atomic E-state index is 0.298. The molecule has 0 bridgehead atoms. The molecule has 0 N–H and O–H groups in total. The summed E-state index contributed by atoms with van der Waals surface area (Å²) in [4.78, 5) is 31.2. The van der Waals surface area contributed by atoms with Gasteiger partial charge < -0.3 is 9.47 Å². The average Bonchev–Trinajstić information content (AvgIpc) is 2.11. The molecule has 0 amide bonds. The minimum Gasteiger partial charge on any atom is -0.459 e. The Labute approximate surface area is 75.0 Å². The summed E-state index contributed by atoms with van der Waals surface area (Å²) in [5.41, 5.74) is 0. The largest absolute Gasteiger partial charge is 0.459 e. The van der Waals surface area contributed by atoms with Gasteiger partial charge in [0.05, 0.1) is 7.11 Å². The molecule has 0 fully saturated rings. The molecule has 0 radical (unpaired) electrons. The van der Waals surface area contributed by atoms with Crippen molar-refractivity contribution in [3.05, 3.63) is 0 Å². The maximum Gasteiger partial charge on any atom is 0.384 e. The van der Waals surface area contributed by atoms with Crippen LogP contribution in [0.2, 0.25) is 0 Å². The Bertz CT molecular complexity index is 281. The Balaban J connectivity index is 3.78. The molecular formula is C8H8O5. The summed E-state index contributed by atoms with van der Waals surface area (Å²) in [6.45, 7) is 0.781. The highest BCUT2D eigenvalue weighted by Gasteiger charge is 2.06. The zero-order valence-corrected chi connectivity index (χ0v) is 7.25. The van der Waals surface area contributed by atoms with Gasteiger partial charge in [0.1, 0.15) is 0 Å². The van der Waals surface area contributed by atoms with Crippen molar-refractivity contribution in [2.75, 3.05) is 13.7 Å². The molecule has 0 aromatic carbocycles. The van der Waals surface area contributed by atoms with Crippen molar-refractivity contribution < 1.29 is 23.9 Å². The highest BCUT2D eigenvalue weighted by Crippen LogP contribution is 1.79. The molecule has 0 saturated carbocycles. The number of ketones is 1. The topological polar surface area (TPSA) is 69.7 Å². The zero-order chi connectivity index (χ0) is 10.3. The van der Waals surface area contributed by atoms with E-state index in [0.29, 0.717) is 0 Å². The molecule has 0 atom stereocenters. The number of ether oxygens (including phenoxy) is 2. The van der Waals surface area contributed by atoms with E-state index in [1.54, 1.807) is 0 Å². The molecule has 0 saturated heterocycles. The molecule has 0 aromatic rings. The highest BCUT2D eigenvalue weighted by atomic mass is 16.5. The van der Waals surface area contributed by atoms with Crippen LogP contribution in [0.1, 0.15) is 6.92 Å². The molecule has 0 spiro atoms. The smallest absolute Gasteiger partial charge is 0.384 e. The third-order valence-corrected chi connectivity index (χ3v) is 0.939. The molecule has 0 aliphatic heterocycles. The van der Waals surface area contributed by atoms with E-state index in [1.807, 2.05) is 5.92 Å². The molecule has 13 heavy (non-hydrogen) atoms. The number of carbonyl (C=O) groups is 3. The van der Waals surface area contributed by atoms with Crippen LogP contribution < -0.4 is 0 Å². The van der Waals surface area contributed by atoms with Crippen LogP contribution >= 0.6 is 0 Å². The Kier molecular flexibility index (Phi) is 4.96. The summed E-state index contributed by atoms with van der Waals surface area (Å²) < 4.78 is 8.51. The van der Waals surface area contributed by atoms with Gasteiger partial charge in [-0.2, -0.15) is 0 Å². The summed E-state index contributed by atoms with van der Waals surface area (Å²) >= 11 is 0. The number of methoxy groups -OCH3 is 1. The fourth-order valence-electron chi connectivity index (χ4n) is 0.363. The van der Waals surface area contributed by atoms with Gasteiger partial charge in [0.15, 0.2) is 6.61 Å². The molecule has 5 heteroatoms. The first kappa shape index (κ1) is 11.2. The first-order valence-corrected chi connectivity index (χ1v) is 3.32. The minimum atomic E-state index is -0.973. The summed E-state index contributed by atoms with van der Waals surface area (Å²) in [6.07, 6.45) is 0. The van der Waals surface area contributed by atoms with E-state index in [0.717, 1.165) is 6.92 Å². The fourth-order valence-corrected chi connectivity index (χ4v) is 0.363. The molecule has 70 valence electrons. The van der Waals surface area contributed by atoms with Crippen LogP contribution in [0, 0.1) is 11.8 Å². The standard InChI is InChI=1S/C8H8O5/c1-6(9)8(11)13-5-3-4-7(10)12-2/h5H2,1-2H3. The van der Waals surface area contributed by atoms with Gasteiger partial charge in [-0.15, -0.1) is 0 Å². The predicted octanol–water partition coefficient (Wildman–Crippen LogP) is -0.705. The van der Waals surface area contributed by atoms with E-state index in [-0.39, 0.29) is 6.61 Å². The summed E-state index contributed by atoms with van der Waals surface area (Å²) in [5.74, 6) is 1.82. The first-order chi connectivity index (χ1) is 6.07. The van der Waals surface area contributed by atoms with E-state index < -0.39 is 17.7 Å². The van der Waals surface area contributed by atoms with Gasteiger partial charge in [0, 0.05) is 12.8 Å². The van der Waals surface area contributed by atoms with Crippen molar-refractivity contribution in [2.45, 2.75) is 6.92 Å². The van der Waals surface area contributed by atoms with Gasteiger partial charge >= 0.3 is 11.9 Å². The quantitative estimate of drug-likeness (QED) is 0.245. The van der Waals surface area contributed by atoms with E-state index in [1.165, 1.54) is 7.11 Å². The number of Topliss-reactive ketones (excluding diaryl/α,β-unsaturated/α-hetero) is 1. The highest BCUT2D eigenvalue weighted by molar-refractivity contribution is 6.32. The SMILES string of the molecule is COC(=O)C#CCOC(=O)C(C)=O. The monoisotopic (exact) mass is 184 g/mol. The van der Waals surface area contributed by atoms with E-state index in [4.69, 9.17) is 0 Å². The predicted molar refractivity (Wildman–Crippen MR) is 41.4 cm³/mol. The van der Waals surface area contributed by atoms with E-state index >= 15 is 0 Å². The molecule has 0 unspecified atom stereocenters. The maximum absolute atomic E-state index is 10.5. The zero-order valence-electron chi connectivity index (χ0n) is 7.25. The van der Waals surface area contributed by atoms with Crippen LogP contribution in [0.4, 0.5) is 0 Å². The molecular weight excluding hydrogens is 176 g/mol. The van der Waals surface area contributed by atoms with Crippen LogP contribution in [-0.2, 0) is 23.9 Å². The van der Waals surface area contributed by atoms with Crippen LogP contribution in [0.5, 0.6) is 0 Å². The maximum atomic E-state index is 10.5. The lowest BCUT2D eigenvalue weighted by Crippen LogP contribution is -2.13. The van der Waals surface area contributed by atoms with Crippen molar-refractivity contribution in [2.24, 2.45) is 0 Å². The van der Waals surface area contributed by atoms with Gasteiger partial charge in [-0.1, -0.05) is 0 Å².